The quantitative estimate of drug-likeness (QED) is 0.633. The second-order valence-corrected chi connectivity index (χ2v) is 8.07. The van der Waals surface area contributed by atoms with Crippen LogP contribution in [-0.4, -0.2) is 38.2 Å². The Hall–Kier alpha value is -1.12. The molecule has 4 heteroatoms. The van der Waals surface area contributed by atoms with Crippen LogP contribution in [0.25, 0.3) is 0 Å². The van der Waals surface area contributed by atoms with E-state index in [4.69, 9.17) is 9.73 Å². The van der Waals surface area contributed by atoms with Crippen LogP contribution in [0.15, 0.2) is 29.3 Å². The number of ether oxygens (including phenoxy) is 1. The van der Waals surface area contributed by atoms with Crippen molar-refractivity contribution in [1.82, 2.24) is 0 Å². The molecule has 0 amide bonds. The fraction of sp³-hybridized carbons (Fsp3) is 0.467. The van der Waals surface area contributed by atoms with Crippen LogP contribution in [0.2, 0.25) is 4.31 Å². The summed E-state index contributed by atoms with van der Waals surface area (Å²) < 4.78 is 6.44. The van der Waals surface area contributed by atoms with Gasteiger partial charge in [-0.2, -0.15) is 0 Å². The number of carbonyl (C=O) groups excluding carboxylic acids is 1. The molecule has 1 aliphatic carbocycles. The van der Waals surface area contributed by atoms with Crippen LogP contribution in [0, 0.1) is 6.92 Å². The molecule has 3 rings (SSSR count). The minimum atomic E-state index is -0.247. The zero-order chi connectivity index (χ0) is 13.5. The summed E-state index contributed by atoms with van der Waals surface area (Å²) in [5.74, 6) is -0.135. The van der Waals surface area contributed by atoms with Crippen molar-refractivity contribution >= 4 is 25.5 Å². The average Bonchev–Trinajstić information content (AvgIpc) is 3.02. The first-order chi connectivity index (χ1) is 9.14. The van der Waals surface area contributed by atoms with Gasteiger partial charge in [-0.3, -0.25) is 0 Å². The fourth-order valence-corrected chi connectivity index (χ4v) is 5.25. The van der Waals surface area contributed by atoms with E-state index in [9.17, 15) is 4.79 Å². The molecule has 0 aromatic heterocycles. The van der Waals surface area contributed by atoms with Gasteiger partial charge < -0.3 is 0 Å². The second-order valence-electron chi connectivity index (χ2n) is 5.13. The van der Waals surface area contributed by atoms with Crippen LogP contribution in [0.1, 0.15) is 30.9 Å². The van der Waals surface area contributed by atoms with Gasteiger partial charge in [-0.05, 0) is 0 Å². The Kier molecular flexibility index (Phi) is 3.23. The minimum absolute atomic E-state index is 0.135. The number of esters is 1. The zero-order valence-corrected chi connectivity index (χ0v) is 12.9. The van der Waals surface area contributed by atoms with E-state index < -0.39 is 0 Å². The van der Waals surface area contributed by atoms with Crippen molar-refractivity contribution in [1.29, 1.82) is 0 Å². The van der Waals surface area contributed by atoms with E-state index in [-0.39, 0.29) is 31.3 Å². The summed E-state index contributed by atoms with van der Waals surface area (Å²) in [7, 11) is 0. The van der Waals surface area contributed by atoms with Gasteiger partial charge in [0, 0.05) is 0 Å². The number of hydrogen-bond acceptors (Lipinski definition) is 3. The van der Waals surface area contributed by atoms with Crippen molar-refractivity contribution in [2.75, 3.05) is 6.61 Å². The number of rotatable bonds is 3. The Labute approximate surface area is 119 Å². The van der Waals surface area contributed by atoms with Gasteiger partial charge in [0.25, 0.3) is 0 Å². The molecule has 3 nitrogen and oxygen atoms in total. The number of aliphatic imine (C=N–C) groups is 1. The zero-order valence-electron chi connectivity index (χ0n) is 11.2. The van der Waals surface area contributed by atoms with Crippen LogP contribution in [0.4, 0.5) is 0 Å². The Morgan fingerprint density at radius 3 is 2.95 bits per heavy atom. The van der Waals surface area contributed by atoms with Gasteiger partial charge in [0.05, 0.1) is 0 Å². The summed E-state index contributed by atoms with van der Waals surface area (Å²) in [6.07, 6.45) is 2.24. The van der Waals surface area contributed by atoms with Crippen LogP contribution in [0.3, 0.4) is 0 Å². The SMILES string of the molecule is CCOC(=O)C1N=C(c2cccc(C)c2)[Se]C12CC2. The Balaban J connectivity index is 1.88. The molecule has 1 unspecified atom stereocenters. The molecule has 1 aromatic carbocycles. The Bertz CT molecular complexity index is 549. The first kappa shape index (κ1) is 12.9. The van der Waals surface area contributed by atoms with E-state index >= 15 is 0 Å². The van der Waals surface area contributed by atoms with E-state index in [0.717, 1.165) is 17.5 Å². The number of carbonyl (C=O) groups is 1. The molecule has 1 fully saturated rings. The first-order valence-electron chi connectivity index (χ1n) is 6.65. The average molecular weight is 322 g/mol. The molecule has 0 radical (unpaired) electrons. The molecule has 1 heterocycles. The van der Waals surface area contributed by atoms with Gasteiger partial charge in [0.2, 0.25) is 0 Å². The third-order valence-electron chi connectivity index (χ3n) is 3.56. The molecule has 1 aromatic rings. The molecule has 1 aliphatic heterocycles. The van der Waals surface area contributed by atoms with E-state index in [2.05, 4.69) is 31.2 Å². The van der Waals surface area contributed by atoms with Gasteiger partial charge in [0.15, 0.2) is 0 Å². The molecular weight excluding hydrogens is 305 g/mol. The van der Waals surface area contributed by atoms with Crippen molar-refractivity contribution < 1.29 is 9.53 Å². The number of aryl methyl sites for hydroxylation is 1. The number of hydrogen-bond donors (Lipinski definition) is 0. The predicted octanol–water partition coefficient (Wildman–Crippen LogP) is 2.34. The van der Waals surface area contributed by atoms with Gasteiger partial charge in [-0.15, -0.1) is 0 Å². The van der Waals surface area contributed by atoms with Crippen molar-refractivity contribution in [2.45, 2.75) is 37.0 Å². The fourth-order valence-electron chi connectivity index (χ4n) is 2.41. The van der Waals surface area contributed by atoms with E-state index in [1.165, 1.54) is 11.1 Å². The van der Waals surface area contributed by atoms with Crippen molar-refractivity contribution in [3.63, 3.8) is 0 Å². The van der Waals surface area contributed by atoms with Crippen LogP contribution >= 0.6 is 0 Å². The Morgan fingerprint density at radius 1 is 1.53 bits per heavy atom. The van der Waals surface area contributed by atoms with Crippen LogP contribution in [0.5, 0.6) is 0 Å². The molecule has 0 saturated heterocycles. The summed E-state index contributed by atoms with van der Waals surface area (Å²) >= 11 is 0.290. The summed E-state index contributed by atoms with van der Waals surface area (Å²) in [4.78, 5) is 16.7. The number of nitrogens with zero attached hydrogens (tertiary/aromatic N) is 1. The molecule has 19 heavy (non-hydrogen) atoms. The van der Waals surface area contributed by atoms with E-state index in [1.54, 1.807) is 0 Å². The van der Waals surface area contributed by atoms with E-state index in [0.29, 0.717) is 6.61 Å². The maximum atomic E-state index is 12.0. The van der Waals surface area contributed by atoms with E-state index in [1.807, 2.05) is 6.92 Å². The molecular formula is C15H17NO2Se. The molecule has 0 bridgehead atoms. The van der Waals surface area contributed by atoms with Gasteiger partial charge in [-0.1, -0.05) is 0 Å². The summed E-state index contributed by atoms with van der Waals surface area (Å²) in [6, 6.07) is 8.15. The van der Waals surface area contributed by atoms with Gasteiger partial charge in [0.1, 0.15) is 0 Å². The number of benzene rings is 1. The van der Waals surface area contributed by atoms with Gasteiger partial charge >= 0.3 is 119 Å². The summed E-state index contributed by atoms with van der Waals surface area (Å²) in [6.45, 7) is 4.37. The van der Waals surface area contributed by atoms with Crippen molar-refractivity contribution in [2.24, 2.45) is 4.99 Å². The monoisotopic (exact) mass is 323 g/mol. The third-order valence-corrected chi connectivity index (χ3v) is 6.86. The molecule has 1 spiro atoms. The van der Waals surface area contributed by atoms with Crippen LogP contribution in [-0.2, 0) is 9.53 Å². The van der Waals surface area contributed by atoms with Gasteiger partial charge in [-0.25, -0.2) is 0 Å². The summed E-state index contributed by atoms with van der Waals surface area (Å²) in [5.41, 5.74) is 2.42. The standard InChI is InChI=1S/C15H17NO2Se/c1-3-18-14(17)12-15(7-8-15)19-13(16-12)11-6-4-5-10(2)9-11/h4-6,9,12H,3,7-8H2,1-2H3. The molecule has 0 N–H and O–H groups in total. The third kappa shape index (κ3) is 2.35. The second kappa shape index (κ2) is 4.77. The maximum absolute atomic E-state index is 12.0. The molecule has 1 saturated carbocycles. The Morgan fingerprint density at radius 2 is 2.32 bits per heavy atom. The topological polar surface area (TPSA) is 38.7 Å². The normalized spacial score (nSPS) is 23.3. The van der Waals surface area contributed by atoms with Crippen molar-refractivity contribution in [3.8, 4) is 0 Å². The molecule has 1 atom stereocenters. The summed E-state index contributed by atoms with van der Waals surface area (Å²) in [5, 5.41) is 0. The van der Waals surface area contributed by atoms with Crippen molar-refractivity contribution in [3.05, 3.63) is 35.4 Å². The predicted molar refractivity (Wildman–Crippen MR) is 75.8 cm³/mol. The molecule has 2 aliphatic rings. The van der Waals surface area contributed by atoms with Crippen LogP contribution < -0.4 is 0 Å². The molecule has 100 valence electrons. The first-order valence-corrected chi connectivity index (χ1v) is 8.36.